The molecule has 0 saturated carbocycles. The van der Waals surface area contributed by atoms with Crippen molar-refractivity contribution in [2.24, 2.45) is 0 Å². The third kappa shape index (κ3) is 6.84. The van der Waals surface area contributed by atoms with Gasteiger partial charge in [0.05, 0.1) is 11.9 Å². The van der Waals surface area contributed by atoms with Gasteiger partial charge < -0.3 is 5.32 Å². The van der Waals surface area contributed by atoms with Crippen LogP contribution in [0.15, 0.2) is 48.5 Å². The van der Waals surface area contributed by atoms with Crippen molar-refractivity contribution in [3.8, 4) is 0 Å². The van der Waals surface area contributed by atoms with Gasteiger partial charge in [0.25, 0.3) is 0 Å². The van der Waals surface area contributed by atoms with Gasteiger partial charge in [0.2, 0.25) is 15.9 Å². The Balaban J connectivity index is 1.86. The molecule has 2 aromatic carbocycles. The van der Waals surface area contributed by atoms with Crippen molar-refractivity contribution >= 4 is 33.4 Å². The minimum atomic E-state index is -3.84. The van der Waals surface area contributed by atoms with E-state index in [9.17, 15) is 22.0 Å². The first-order valence-electron chi connectivity index (χ1n) is 8.08. The van der Waals surface area contributed by atoms with E-state index >= 15 is 0 Å². The monoisotopic (exact) mass is 414 g/mol. The number of nitrogens with one attached hydrogen (secondary N) is 1. The van der Waals surface area contributed by atoms with E-state index in [0.717, 1.165) is 34.5 Å². The zero-order chi connectivity index (χ0) is 19.9. The Morgan fingerprint density at radius 1 is 1.11 bits per heavy atom. The normalized spacial score (nSPS) is 11.2. The van der Waals surface area contributed by atoms with Gasteiger partial charge in [-0.15, -0.1) is 0 Å². The van der Waals surface area contributed by atoms with E-state index in [0.29, 0.717) is 12.3 Å². The number of carbonyl (C=O) groups is 1. The zero-order valence-electron chi connectivity index (χ0n) is 14.7. The van der Waals surface area contributed by atoms with Crippen LogP contribution in [0.2, 0.25) is 0 Å². The lowest BCUT2D eigenvalue weighted by Crippen LogP contribution is -2.41. The van der Waals surface area contributed by atoms with Gasteiger partial charge in [0.1, 0.15) is 6.54 Å². The Labute approximate surface area is 161 Å². The summed E-state index contributed by atoms with van der Waals surface area (Å²) in [7, 11) is -3.84. The number of nitrogens with zero attached hydrogens (tertiary/aromatic N) is 1. The van der Waals surface area contributed by atoms with E-state index in [4.69, 9.17) is 0 Å². The van der Waals surface area contributed by atoms with Gasteiger partial charge in [0.15, 0.2) is 11.6 Å². The fraction of sp³-hybridized carbons (Fsp3) is 0.278. The maximum absolute atomic E-state index is 13.4. The number of rotatable bonds is 9. The van der Waals surface area contributed by atoms with E-state index in [1.807, 2.05) is 30.3 Å². The van der Waals surface area contributed by atoms with Crippen LogP contribution in [0, 0.1) is 11.6 Å². The lowest BCUT2D eigenvalue weighted by molar-refractivity contribution is -0.119. The second-order valence-corrected chi connectivity index (χ2v) is 8.77. The number of thioether (sulfide) groups is 1. The van der Waals surface area contributed by atoms with E-state index in [1.165, 1.54) is 5.56 Å². The van der Waals surface area contributed by atoms with Crippen LogP contribution in [-0.4, -0.2) is 39.4 Å². The van der Waals surface area contributed by atoms with Crippen LogP contribution in [0.3, 0.4) is 0 Å². The average molecular weight is 414 g/mol. The minimum Gasteiger partial charge on any atom is -0.354 e. The predicted molar refractivity (Wildman–Crippen MR) is 104 cm³/mol. The summed E-state index contributed by atoms with van der Waals surface area (Å²) in [4.78, 5) is 12.1. The molecule has 0 radical (unpaired) electrons. The number of hydrogen-bond donors (Lipinski definition) is 1. The van der Waals surface area contributed by atoms with Gasteiger partial charge in [-0.3, -0.25) is 9.10 Å². The fourth-order valence-electron chi connectivity index (χ4n) is 2.25. The van der Waals surface area contributed by atoms with Crippen molar-refractivity contribution in [1.29, 1.82) is 0 Å². The van der Waals surface area contributed by atoms with Gasteiger partial charge in [0, 0.05) is 24.1 Å². The molecule has 2 aromatic rings. The zero-order valence-corrected chi connectivity index (χ0v) is 16.3. The van der Waals surface area contributed by atoms with Crippen LogP contribution in [0.1, 0.15) is 5.56 Å². The van der Waals surface area contributed by atoms with Gasteiger partial charge >= 0.3 is 0 Å². The molecule has 0 spiro atoms. The van der Waals surface area contributed by atoms with E-state index < -0.39 is 34.1 Å². The lowest BCUT2D eigenvalue weighted by Gasteiger charge is -2.22. The largest absolute Gasteiger partial charge is 0.354 e. The molecule has 0 unspecified atom stereocenters. The molecule has 0 atom stereocenters. The Kier molecular flexibility index (Phi) is 7.61. The SMILES string of the molecule is CS(=O)(=O)N(CC(=O)NCCSCc1ccccc1)c1ccc(F)c(F)c1. The molecule has 0 aliphatic carbocycles. The van der Waals surface area contributed by atoms with E-state index in [2.05, 4.69) is 5.32 Å². The second kappa shape index (κ2) is 9.70. The Morgan fingerprint density at radius 2 is 1.81 bits per heavy atom. The summed E-state index contributed by atoms with van der Waals surface area (Å²) in [6.45, 7) is -0.140. The summed E-state index contributed by atoms with van der Waals surface area (Å²) in [6.07, 6.45) is 0.900. The van der Waals surface area contributed by atoms with Crippen LogP contribution in [-0.2, 0) is 20.6 Å². The quantitative estimate of drug-likeness (QED) is 0.641. The van der Waals surface area contributed by atoms with Crippen molar-refractivity contribution in [2.45, 2.75) is 5.75 Å². The first-order chi connectivity index (χ1) is 12.8. The van der Waals surface area contributed by atoms with E-state index in [-0.39, 0.29) is 5.69 Å². The molecular formula is C18H20F2N2O3S2. The van der Waals surface area contributed by atoms with Gasteiger partial charge in [-0.05, 0) is 17.7 Å². The molecule has 0 aliphatic heterocycles. The van der Waals surface area contributed by atoms with Crippen LogP contribution in [0.25, 0.3) is 0 Å². The standard InChI is InChI=1S/C18H20F2N2O3S2/c1-27(24,25)22(15-7-8-16(19)17(20)11-15)12-18(23)21-9-10-26-13-14-5-3-2-4-6-14/h2-8,11H,9-10,12-13H2,1H3,(H,21,23). The van der Waals surface area contributed by atoms with Crippen LogP contribution in [0.4, 0.5) is 14.5 Å². The minimum absolute atomic E-state index is 0.106. The highest BCUT2D eigenvalue weighted by Gasteiger charge is 2.21. The Morgan fingerprint density at radius 3 is 2.44 bits per heavy atom. The summed E-state index contributed by atoms with van der Waals surface area (Å²) in [6, 6.07) is 12.6. The maximum Gasteiger partial charge on any atom is 0.240 e. The van der Waals surface area contributed by atoms with Crippen molar-refractivity contribution in [3.63, 3.8) is 0 Å². The average Bonchev–Trinajstić information content (AvgIpc) is 2.62. The molecule has 0 fully saturated rings. The van der Waals surface area contributed by atoms with Crippen molar-refractivity contribution < 1.29 is 22.0 Å². The summed E-state index contributed by atoms with van der Waals surface area (Å²) in [5.41, 5.74) is 1.07. The van der Waals surface area contributed by atoms with Crippen LogP contribution < -0.4 is 9.62 Å². The van der Waals surface area contributed by atoms with Crippen molar-refractivity contribution in [2.75, 3.05) is 29.4 Å². The molecule has 0 aromatic heterocycles. The number of anilines is 1. The molecule has 27 heavy (non-hydrogen) atoms. The first-order valence-corrected chi connectivity index (χ1v) is 11.1. The number of hydrogen-bond acceptors (Lipinski definition) is 4. The number of carbonyl (C=O) groups excluding carboxylic acids is 1. The highest BCUT2D eigenvalue weighted by atomic mass is 32.2. The fourth-order valence-corrected chi connectivity index (χ4v) is 3.92. The molecule has 1 amide bonds. The molecule has 1 N–H and O–H groups in total. The highest BCUT2D eigenvalue weighted by Crippen LogP contribution is 2.20. The molecule has 0 saturated heterocycles. The molecule has 9 heteroatoms. The Hall–Kier alpha value is -2.13. The van der Waals surface area contributed by atoms with E-state index in [1.54, 1.807) is 11.8 Å². The second-order valence-electron chi connectivity index (χ2n) is 5.76. The number of halogens is 2. The number of benzene rings is 2. The molecule has 146 valence electrons. The molecule has 0 bridgehead atoms. The smallest absolute Gasteiger partial charge is 0.240 e. The van der Waals surface area contributed by atoms with Gasteiger partial charge in [-0.2, -0.15) is 11.8 Å². The summed E-state index contributed by atoms with van der Waals surface area (Å²) >= 11 is 1.63. The third-order valence-electron chi connectivity index (χ3n) is 3.56. The van der Waals surface area contributed by atoms with Crippen LogP contribution >= 0.6 is 11.8 Å². The summed E-state index contributed by atoms with van der Waals surface area (Å²) < 4.78 is 51.0. The summed E-state index contributed by atoms with van der Waals surface area (Å²) in [5.74, 6) is -1.33. The molecule has 0 heterocycles. The number of sulfonamides is 1. The molecule has 5 nitrogen and oxygen atoms in total. The van der Waals surface area contributed by atoms with Crippen molar-refractivity contribution in [1.82, 2.24) is 5.32 Å². The predicted octanol–water partition coefficient (Wildman–Crippen LogP) is 2.78. The lowest BCUT2D eigenvalue weighted by atomic mass is 10.2. The maximum atomic E-state index is 13.4. The third-order valence-corrected chi connectivity index (χ3v) is 5.73. The highest BCUT2D eigenvalue weighted by molar-refractivity contribution is 7.98. The Bertz CT molecular complexity index is 877. The molecular weight excluding hydrogens is 394 g/mol. The number of amides is 1. The summed E-state index contributed by atoms with van der Waals surface area (Å²) in [5, 5.41) is 2.63. The first kappa shape index (κ1) is 21.2. The van der Waals surface area contributed by atoms with Gasteiger partial charge in [-0.25, -0.2) is 17.2 Å². The van der Waals surface area contributed by atoms with Gasteiger partial charge in [-0.1, -0.05) is 30.3 Å². The topological polar surface area (TPSA) is 66.5 Å². The molecule has 2 rings (SSSR count). The molecule has 0 aliphatic rings. The van der Waals surface area contributed by atoms with Crippen molar-refractivity contribution in [3.05, 3.63) is 65.7 Å². The van der Waals surface area contributed by atoms with Crippen LogP contribution in [0.5, 0.6) is 0 Å².